The van der Waals surface area contributed by atoms with Gasteiger partial charge in [-0.25, -0.2) is 8.42 Å². The first-order valence-electron chi connectivity index (χ1n) is 9.46. The molecular weight excluding hydrogens is 444 g/mol. The van der Waals surface area contributed by atoms with Crippen molar-refractivity contribution >= 4 is 31.9 Å². The number of carbonyl (C=O) groups excluding carboxylic acids is 1. The van der Waals surface area contributed by atoms with Crippen LogP contribution in [0.3, 0.4) is 0 Å². The Kier molecular flexibility index (Phi) is 5.14. The number of fused-ring (bicyclic) bond motifs is 1. The molecule has 1 aliphatic heterocycles. The van der Waals surface area contributed by atoms with Gasteiger partial charge in [-0.05, 0) is 72.3 Å². The molecule has 0 atom stereocenters. The molecule has 1 aromatic carbocycles. The van der Waals surface area contributed by atoms with E-state index in [1.165, 1.54) is 9.87 Å². The number of halogens is 1. The lowest BCUT2D eigenvalue weighted by Gasteiger charge is -2.34. The molecule has 0 radical (unpaired) electrons. The molecule has 4 rings (SSSR count). The largest absolute Gasteiger partial charge is 0.465 e. The summed E-state index contributed by atoms with van der Waals surface area (Å²) in [6.07, 6.45) is 3.06. The molecule has 1 amide bonds. The van der Waals surface area contributed by atoms with Gasteiger partial charge in [0.2, 0.25) is 10.0 Å². The quantitative estimate of drug-likeness (QED) is 0.695. The van der Waals surface area contributed by atoms with Crippen LogP contribution in [0.25, 0.3) is 0 Å². The number of hydrogen-bond donors (Lipinski definition) is 0. The second kappa shape index (κ2) is 7.31. The Bertz CT molecular complexity index is 1040. The summed E-state index contributed by atoms with van der Waals surface area (Å²) < 4.78 is 33.8. The third-order valence-electron chi connectivity index (χ3n) is 5.63. The third kappa shape index (κ3) is 3.31. The van der Waals surface area contributed by atoms with Gasteiger partial charge in [-0.15, -0.1) is 0 Å². The summed E-state index contributed by atoms with van der Waals surface area (Å²) in [5, 5.41) is 0. The van der Waals surface area contributed by atoms with Gasteiger partial charge < -0.3 is 9.32 Å². The maximum Gasteiger partial charge on any atom is 0.258 e. The van der Waals surface area contributed by atoms with Gasteiger partial charge in [0.1, 0.15) is 11.5 Å². The number of sulfonamides is 1. The summed E-state index contributed by atoms with van der Waals surface area (Å²) in [7, 11) is -3.54. The Balaban J connectivity index is 1.48. The van der Waals surface area contributed by atoms with E-state index in [4.69, 9.17) is 4.42 Å². The second-order valence-corrected chi connectivity index (χ2v) is 10.1. The SMILES string of the molecule is Cc1oc(C)c(C(=O)N2CCN(S(=O)(=O)c3ccc4c(c3)CCC4)CC2)c1Br. The zero-order valence-electron chi connectivity index (χ0n) is 16.0. The third-order valence-corrected chi connectivity index (χ3v) is 8.48. The van der Waals surface area contributed by atoms with E-state index >= 15 is 0 Å². The van der Waals surface area contributed by atoms with Crippen molar-refractivity contribution in [3.63, 3.8) is 0 Å². The van der Waals surface area contributed by atoms with Crippen LogP contribution < -0.4 is 0 Å². The first-order valence-corrected chi connectivity index (χ1v) is 11.7. The fraction of sp³-hybridized carbons (Fsp3) is 0.450. The highest BCUT2D eigenvalue weighted by Gasteiger charge is 2.33. The summed E-state index contributed by atoms with van der Waals surface area (Å²) >= 11 is 3.42. The number of furan rings is 1. The van der Waals surface area contributed by atoms with E-state index in [1.54, 1.807) is 24.8 Å². The summed E-state index contributed by atoms with van der Waals surface area (Å²) in [4.78, 5) is 14.9. The minimum Gasteiger partial charge on any atom is -0.465 e. The molecule has 1 aliphatic carbocycles. The van der Waals surface area contributed by atoms with Gasteiger partial charge >= 0.3 is 0 Å². The molecule has 0 unspecified atom stereocenters. The maximum atomic E-state index is 13.0. The zero-order valence-corrected chi connectivity index (χ0v) is 18.4. The van der Waals surface area contributed by atoms with Crippen molar-refractivity contribution in [3.8, 4) is 0 Å². The van der Waals surface area contributed by atoms with Crippen molar-refractivity contribution in [2.75, 3.05) is 26.2 Å². The lowest BCUT2D eigenvalue weighted by Crippen LogP contribution is -2.50. The van der Waals surface area contributed by atoms with Crippen LogP contribution in [0.15, 0.2) is 32.0 Å². The van der Waals surface area contributed by atoms with E-state index in [9.17, 15) is 13.2 Å². The zero-order chi connectivity index (χ0) is 20.1. The number of piperazine rings is 1. The van der Waals surface area contributed by atoms with Crippen molar-refractivity contribution < 1.29 is 17.6 Å². The number of aryl methyl sites for hydroxylation is 4. The summed E-state index contributed by atoms with van der Waals surface area (Å²) in [5.41, 5.74) is 2.92. The van der Waals surface area contributed by atoms with Crippen LogP contribution in [0, 0.1) is 13.8 Å². The smallest absolute Gasteiger partial charge is 0.258 e. The van der Waals surface area contributed by atoms with Crippen LogP contribution >= 0.6 is 15.9 Å². The van der Waals surface area contributed by atoms with Crippen LogP contribution in [0.5, 0.6) is 0 Å². The molecule has 1 aromatic heterocycles. The molecule has 2 heterocycles. The van der Waals surface area contributed by atoms with Gasteiger partial charge in [-0.1, -0.05) is 6.07 Å². The van der Waals surface area contributed by atoms with Crippen molar-refractivity contribution in [1.82, 2.24) is 9.21 Å². The van der Waals surface area contributed by atoms with Gasteiger partial charge in [0, 0.05) is 26.2 Å². The van der Waals surface area contributed by atoms with Gasteiger partial charge in [0.05, 0.1) is 14.9 Å². The summed E-state index contributed by atoms with van der Waals surface area (Å²) in [5.74, 6) is 1.11. The fourth-order valence-corrected chi connectivity index (χ4v) is 6.05. The van der Waals surface area contributed by atoms with E-state index in [1.807, 2.05) is 12.1 Å². The lowest BCUT2D eigenvalue weighted by atomic mass is 10.1. The standard InChI is InChI=1S/C20H23BrN2O4S/c1-13-18(19(21)14(2)27-13)20(24)22-8-10-23(11-9-22)28(25,26)17-7-6-15-4-3-5-16(15)12-17/h6-7,12H,3-5,8-11H2,1-2H3. The number of nitrogens with zero attached hydrogens (tertiary/aromatic N) is 2. The molecule has 0 spiro atoms. The molecule has 6 nitrogen and oxygen atoms in total. The van der Waals surface area contributed by atoms with Crippen molar-refractivity contribution in [2.45, 2.75) is 38.0 Å². The van der Waals surface area contributed by atoms with Gasteiger partial charge in [-0.3, -0.25) is 4.79 Å². The molecular formula is C20H23BrN2O4S. The van der Waals surface area contributed by atoms with Gasteiger partial charge in [-0.2, -0.15) is 4.31 Å². The topological polar surface area (TPSA) is 70.8 Å². The monoisotopic (exact) mass is 466 g/mol. The minimum absolute atomic E-state index is 0.129. The van der Waals surface area contributed by atoms with E-state index < -0.39 is 10.0 Å². The lowest BCUT2D eigenvalue weighted by molar-refractivity contribution is 0.0695. The Morgan fingerprint density at radius 2 is 1.71 bits per heavy atom. The molecule has 0 bridgehead atoms. The highest BCUT2D eigenvalue weighted by Crippen LogP contribution is 2.30. The second-order valence-electron chi connectivity index (χ2n) is 7.38. The van der Waals surface area contributed by atoms with Crippen LogP contribution in [-0.2, 0) is 22.9 Å². The van der Waals surface area contributed by atoms with Crippen molar-refractivity contribution in [1.29, 1.82) is 0 Å². The highest BCUT2D eigenvalue weighted by molar-refractivity contribution is 9.10. The first-order chi connectivity index (χ1) is 13.3. The molecule has 150 valence electrons. The van der Waals surface area contributed by atoms with Gasteiger partial charge in [0.15, 0.2) is 0 Å². The molecule has 2 aromatic rings. The van der Waals surface area contributed by atoms with Crippen molar-refractivity contribution in [3.05, 3.63) is 50.9 Å². The van der Waals surface area contributed by atoms with Gasteiger partial charge in [0.25, 0.3) is 5.91 Å². The average molecular weight is 467 g/mol. The van der Waals surface area contributed by atoms with Crippen LogP contribution in [0.4, 0.5) is 0 Å². The molecule has 28 heavy (non-hydrogen) atoms. The van der Waals surface area contributed by atoms with E-state index in [2.05, 4.69) is 15.9 Å². The average Bonchev–Trinajstić information content (AvgIpc) is 3.25. The molecule has 2 aliphatic rings. The Morgan fingerprint density at radius 1 is 1.04 bits per heavy atom. The normalized spacial score (nSPS) is 17.8. The summed E-state index contributed by atoms with van der Waals surface area (Å²) in [6, 6.07) is 5.48. The van der Waals surface area contributed by atoms with Crippen LogP contribution in [0.2, 0.25) is 0 Å². The molecule has 1 saturated heterocycles. The fourth-order valence-electron chi connectivity index (χ4n) is 4.05. The van der Waals surface area contributed by atoms with Crippen LogP contribution in [-0.4, -0.2) is 49.7 Å². The number of hydrogen-bond acceptors (Lipinski definition) is 4. The Labute approximate surface area is 173 Å². The molecule has 1 fully saturated rings. The van der Waals surface area contributed by atoms with E-state index in [0.29, 0.717) is 52.6 Å². The van der Waals surface area contributed by atoms with Crippen molar-refractivity contribution in [2.24, 2.45) is 0 Å². The van der Waals surface area contributed by atoms with Crippen LogP contribution in [0.1, 0.15) is 39.4 Å². The summed E-state index contributed by atoms with van der Waals surface area (Å²) in [6.45, 7) is 4.87. The minimum atomic E-state index is -3.54. The maximum absolute atomic E-state index is 13.0. The first kappa shape index (κ1) is 19.7. The van der Waals surface area contributed by atoms with E-state index in [-0.39, 0.29) is 5.91 Å². The number of amides is 1. The number of carbonyl (C=O) groups is 1. The van der Waals surface area contributed by atoms with E-state index in [0.717, 1.165) is 24.8 Å². The highest BCUT2D eigenvalue weighted by atomic mass is 79.9. The molecule has 0 saturated carbocycles. The predicted octanol–water partition coefficient (Wildman–Crippen LogP) is 3.29. The molecule has 8 heteroatoms. The predicted molar refractivity (Wildman–Crippen MR) is 109 cm³/mol. The Morgan fingerprint density at radius 3 is 2.36 bits per heavy atom. The number of rotatable bonds is 3. The molecule has 0 N–H and O–H groups in total. The number of benzene rings is 1. The Hall–Kier alpha value is -1.64.